The lowest BCUT2D eigenvalue weighted by Gasteiger charge is -2.00. The van der Waals surface area contributed by atoms with Crippen LogP contribution in [0.1, 0.15) is 0 Å². The molecule has 0 unspecified atom stereocenters. The Hall–Kier alpha value is -1.73. The molecule has 1 aromatic carbocycles. The molecule has 3 rings (SSSR count). The first-order valence-corrected chi connectivity index (χ1v) is 8.70. The van der Waals surface area contributed by atoms with Crippen LogP contribution in [-0.4, -0.2) is 39.2 Å². The largest absolute Gasteiger partial charge is 0.497 e. The minimum Gasteiger partial charge on any atom is -0.497 e. The minimum absolute atomic E-state index is 0.741. The van der Waals surface area contributed by atoms with Crippen LogP contribution in [0.15, 0.2) is 40.6 Å². The normalized spacial score (nSPS) is 11.0. The first-order chi connectivity index (χ1) is 10.2. The Labute approximate surface area is 131 Å². The van der Waals surface area contributed by atoms with Gasteiger partial charge in [0.25, 0.3) is 0 Å². The van der Waals surface area contributed by atoms with Gasteiger partial charge in [-0.05, 0) is 36.8 Å². The van der Waals surface area contributed by atoms with Crippen molar-refractivity contribution >= 4 is 29.2 Å². The maximum atomic E-state index is 5.18. The van der Waals surface area contributed by atoms with Crippen LogP contribution in [0.25, 0.3) is 16.9 Å². The van der Waals surface area contributed by atoms with Gasteiger partial charge in [-0.3, -0.25) is 0 Å². The highest BCUT2D eigenvalue weighted by molar-refractivity contribution is 7.99. The molecule has 5 nitrogen and oxygen atoms in total. The van der Waals surface area contributed by atoms with Gasteiger partial charge in [0.2, 0.25) is 5.16 Å². The first kappa shape index (κ1) is 14.2. The molecule has 7 heteroatoms. The Bertz CT molecular complexity index is 770. The van der Waals surface area contributed by atoms with Gasteiger partial charge in [0.1, 0.15) is 10.8 Å². The van der Waals surface area contributed by atoms with Crippen molar-refractivity contribution < 1.29 is 4.74 Å². The molecule has 0 aliphatic rings. The highest BCUT2D eigenvalue weighted by Crippen LogP contribution is 2.26. The van der Waals surface area contributed by atoms with E-state index in [1.54, 1.807) is 23.4 Å². The van der Waals surface area contributed by atoms with Gasteiger partial charge in [0.05, 0.1) is 19.0 Å². The second-order valence-corrected chi connectivity index (χ2v) is 5.80. The molecular weight excluding hydrogens is 304 g/mol. The minimum atomic E-state index is 0.741. The number of thioether (sulfide) groups is 2. The van der Waals surface area contributed by atoms with Crippen LogP contribution in [0, 0.1) is 0 Å². The fraction of sp³-hybridized carbons (Fsp3) is 0.214. The predicted octanol–water partition coefficient (Wildman–Crippen LogP) is 3.24. The fourth-order valence-electron chi connectivity index (χ4n) is 1.97. The SMILES string of the molecule is COc1ccc(-c2cn3nc(SC)nc(SC)c3n2)cc1. The number of methoxy groups -OCH3 is 1. The third-order valence-corrected chi connectivity index (χ3v) is 4.23. The standard InChI is InChI=1S/C14H14N4OS2/c1-19-10-6-4-9(5-7-10)11-8-18-12(15-11)13(20-2)16-14(17-18)21-3/h4-8H,1-3H3. The molecule has 0 radical (unpaired) electrons. The van der Waals surface area contributed by atoms with Gasteiger partial charge in [-0.15, -0.1) is 16.9 Å². The summed E-state index contributed by atoms with van der Waals surface area (Å²) >= 11 is 3.10. The van der Waals surface area contributed by atoms with Crippen LogP contribution in [0.5, 0.6) is 5.75 Å². The molecular formula is C14H14N4OS2. The van der Waals surface area contributed by atoms with Gasteiger partial charge in [-0.25, -0.2) is 14.5 Å². The van der Waals surface area contributed by atoms with E-state index in [4.69, 9.17) is 4.74 Å². The number of rotatable bonds is 4. The van der Waals surface area contributed by atoms with E-state index in [9.17, 15) is 0 Å². The zero-order valence-corrected chi connectivity index (χ0v) is 13.5. The van der Waals surface area contributed by atoms with Crippen LogP contribution in [0.2, 0.25) is 0 Å². The molecule has 0 saturated heterocycles. The maximum absolute atomic E-state index is 5.18. The second-order valence-electron chi connectivity index (χ2n) is 4.23. The van der Waals surface area contributed by atoms with Gasteiger partial charge < -0.3 is 4.74 Å². The number of aromatic nitrogens is 4. The smallest absolute Gasteiger partial charge is 0.208 e. The first-order valence-electron chi connectivity index (χ1n) is 6.25. The highest BCUT2D eigenvalue weighted by Gasteiger charge is 2.12. The fourth-order valence-corrected chi connectivity index (χ4v) is 2.88. The number of nitrogens with zero attached hydrogens (tertiary/aromatic N) is 4. The van der Waals surface area contributed by atoms with Crippen LogP contribution in [0.3, 0.4) is 0 Å². The number of fused-ring (bicyclic) bond motifs is 1. The van der Waals surface area contributed by atoms with Crippen molar-refractivity contribution in [2.45, 2.75) is 10.2 Å². The summed E-state index contributed by atoms with van der Waals surface area (Å²) in [6.07, 6.45) is 5.89. The Morgan fingerprint density at radius 3 is 2.43 bits per heavy atom. The van der Waals surface area contributed by atoms with Crippen molar-refractivity contribution in [3.63, 3.8) is 0 Å². The quantitative estimate of drug-likeness (QED) is 0.688. The summed E-state index contributed by atoms with van der Waals surface area (Å²) < 4.78 is 6.97. The second kappa shape index (κ2) is 5.95. The summed E-state index contributed by atoms with van der Waals surface area (Å²) in [5, 5.41) is 6.07. The van der Waals surface area contributed by atoms with E-state index in [-0.39, 0.29) is 0 Å². The van der Waals surface area contributed by atoms with Crippen LogP contribution >= 0.6 is 23.5 Å². The van der Waals surface area contributed by atoms with Crippen molar-refractivity contribution in [2.75, 3.05) is 19.6 Å². The molecule has 21 heavy (non-hydrogen) atoms. The van der Waals surface area contributed by atoms with Crippen molar-refractivity contribution in [3.8, 4) is 17.0 Å². The average molecular weight is 318 g/mol. The molecule has 108 valence electrons. The number of ether oxygens (including phenoxy) is 1. The molecule has 2 aromatic heterocycles. The predicted molar refractivity (Wildman–Crippen MR) is 86.3 cm³/mol. The van der Waals surface area contributed by atoms with Crippen molar-refractivity contribution in [3.05, 3.63) is 30.5 Å². The van der Waals surface area contributed by atoms with E-state index in [1.807, 2.05) is 43.0 Å². The molecule has 2 heterocycles. The Kier molecular flexibility index (Phi) is 4.03. The average Bonchev–Trinajstić information content (AvgIpc) is 2.97. The highest BCUT2D eigenvalue weighted by atomic mass is 32.2. The van der Waals surface area contributed by atoms with Gasteiger partial charge in [0, 0.05) is 5.56 Å². The molecule has 0 bridgehead atoms. The number of hydrogen-bond acceptors (Lipinski definition) is 6. The summed E-state index contributed by atoms with van der Waals surface area (Å²) in [6, 6.07) is 7.83. The molecule has 0 aliphatic heterocycles. The lowest BCUT2D eigenvalue weighted by molar-refractivity contribution is 0.415. The Morgan fingerprint density at radius 2 is 1.81 bits per heavy atom. The number of imidazole rings is 1. The molecule has 3 aromatic rings. The van der Waals surface area contributed by atoms with Crippen molar-refractivity contribution in [1.82, 2.24) is 19.6 Å². The summed E-state index contributed by atoms with van der Waals surface area (Å²) in [5.41, 5.74) is 2.69. The van der Waals surface area contributed by atoms with E-state index in [0.717, 1.165) is 32.8 Å². The van der Waals surface area contributed by atoms with Gasteiger partial charge >= 0.3 is 0 Å². The van der Waals surface area contributed by atoms with E-state index in [0.29, 0.717) is 0 Å². The third-order valence-electron chi connectivity index (χ3n) is 3.03. The molecule has 0 N–H and O–H groups in total. The van der Waals surface area contributed by atoms with E-state index < -0.39 is 0 Å². The monoisotopic (exact) mass is 318 g/mol. The molecule has 0 atom stereocenters. The van der Waals surface area contributed by atoms with Gasteiger partial charge in [-0.1, -0.05) is 11.8 Å². The van der Waals surface area contributed by atoms with E-state index >= 15 is 0 Å². The van der Waals surface area contributed by atoms with Gasteiger partial charge in [0.15, 0.2) is 5.65 Å². The lowest BCUT2D eigenvalue weighted by atomic mass is 10.2. The topological polar surface area (TPSA) is 52.3 Å². The number of benzene rings is 1. The molecule has 0 amide bonds. The van der Waals surface area contributed by atoms with Crippen LogP contribution < -0.4 is 4.74 Å². The summed E-state index contributed by atoms with van der Waals surface area (Å²) in [7, 11) is 1.66. The Balaban J connectivity index is 2.11. The van der Waals surface area contributed by atoms with Crippen LogP contribution in [-0.2, 0) is 0 Å². The summed E-state index contributed by atoms with van der Waals surface area (Å²) in [5.74, 6) is 0.830. The molecule has 0 spiro atoms. The maximum Gasteiger partial charge on any atom is 0.208 e. The number of hydrogen-bond donors (Lipinski definition) is 0. The van der Waals surface area contributed by atoms with E-state index in [1.165, 1.54) is 11.8 Å². The zero-order chi connectivity index (χ0) is 14.8. The Morgan fingerprint density at radius 1 is 1.05 bits per heavy atom. The van der Waals surface area contributed by atoms with Gasteiger partial charge in [-0.2, -0.15) is 0 Å². The zero-order valence-electron chi connectivity index (χ0n) is 11.9. The van der Waals surface area contributed by atoms with Crippen molar-refractivity contribution in [1.29, 1.82) is 0 Å². The molecule has 0 fully saturated rings. The van der Waals surface area contributed by atoms with E-state index in [2.05, 4.69) is 15.1 Å². The summed E-state index contributed by atoms with van der Waals surface area (Å²) in [6.45, 7) is 0. The molecule has 0 aliphatic carbocycles. The lowest BCUT2D eigenvalue weighted by Crippen LogP contribution is -1.98. The van der Waals surface area contributed by atoms with Crippen molar-refractivity contribution in [2.24, 2.45) is 0 Å². The summed E-state index contributed by atoms with van der Waals surface area (Å²) in [4.78, 5) is 9.14. The van der Waals surface area contributed by atoms with Crippen LogP contribution in [0.4, 0.5) is 0 Å². The molecule has 0 saturated carbocycles. The third kappa shape index (κ3) is 2.71.